The van der Waals surface area contributed by atoms with Crippen LogP contribution >= 0.6 is 0 Å². The number of ether oxygens (including phenoxy) is 2. The van der Waals surface area contributed by atoms with Crippen molar-refractivity contribution in [3.63, 3.8) is 0 Å². The van der Waals surface area contributed by atoms with Crippen LogP contribution in [-0.2, 0) is 14.3 Å². The normalized spacial score (nSPS) is 25.5. The van der Waals surface area contributed by atoms with Gasteiger partial charge in [-0.15, -0.1) is 0 Å². The minimum absolute atomic E-state index is 0.0262. The zero-order valence-electron chi connectivity index (χ0n) is 10.6. The van der Waals surface area contributed by atoms with Gasteiger partial charge >= 0.3 is 12.1 Å². The van der Waals surface area contributed by atoms with Crippen LogP contribution in [0.1, 0.15) is 27.7 Å². The van der Waals surface area contributed by atoms with Gasteiger partial charge in [-0.05, 0) is 27.7 Å². The van der Waals surface area contributed by atoms with Gasteiger partial charge < -0.3 is 14.6 Å². The second-order valence-corrected chi connectivity index (χ2v) is 5.26. The average molecular weight is 245 g/mol. The van der Waals surface area contributed by atoms with E-state index in [9.17, 15) is 14.7 Å². The first kappa shape index (κ1) is 13.8. The summed E-state index contributed by atoms with van der Waals surface area (Å²) in [6.07, 6.45) is -0.620. The molecule has 98 valence electrons. The van der Waals surface area contributed by atoms with Crippen molar-refractivity contribution in [1.29, 1.82) is 0 Å². The Labute approximate surface area is 100 Å². The van der Waals surface area contributed by atoms with E-state index in [2.05, 4.69) is 0 Å². The van der Waals surface area contributed by atoms with Gasteiger partial charge in [0, 0.05) is 6.54 Å². The van der Waals surface area contributed by atoms with Crippen molar-refractivity contribution in [2.75, 3.05) is 19.8 Å². The number of hydrogen-bond donors (Lipinski definition) is 1. The number of amides is 1. The SMILES string of the molecule is CC(C)(C)OC(=O)N1CCOCC1(C)C(=O)O. The molecule has 0 aromatic rings. The maximum Gasteiger partial charge on any atom is 0.411 e. The lowest BCUT2D eigenvalue weighted by Crippen LogP contribution is -2.62. The molecule has 0 radical (unpaired) electrons. The molecule has 1 amide bonds. The third kappa shape index (κ3) is 3.09. The maximum atomic E-state index is 11.9. The van der Waals surface area contributed by atoms with Crippen LogP contribution in [-0.4, -0.2) is 53.0 Å². The molecule has 1 aliphatic heterocycles. The van der Waals surface area contributed by atoms with Crippen LogP contribution in [0.2, 0.25) is 0 Å². The predicted molar refractivity (Wildman–Crippen MR) is 59.8 cm³/mol. The molecule has 1 rings (SSSR count). The number of carboxylic acids is 1. The van der Waals surface area contributed by atoms with Crippen molar-refractivity contribution in [2.45, 2.75) is 38.8 Å². The molecule has 1 atom stereocenters. The second kappa shape index (κ2) is 4.52. The fraction of sp³-hybridized carbons (Fsp3) is 0.818. The number of rotatable bonds is 1. The highest BCUT2D eigenvalue weighted by molar-refractivity contribution is 5.84. The van der Waals surface area contributed by atoms with Crippen LogP contribution < -0.4 is 0 Å². The van der Waals surface area contributed by atoms with Gasteiger partial charge in [0.25, 0.3) is 0 Å². The lowest BCUT2D eigenvalue weighted by atomic mass is 10.0. The van der Waals surface area contributed by atoms with E-state index in [1.165, 1.54) is 11.8 Å². The Morgan fingerprint density at radius 2 is 2.00 bits per heavy atom. The molecule has 1 aliphatic rings. The maximum absolute atomic E-state index is 11.9. The summed E-state index contributed by atoms with van der Waals surface area (Å²) in [6, 6.07) is 0. The topological polar surface area (TPSA) is 76.1 Å². The number of nitrogens with zero attached hydrogens (tertiary/aromatic N) is 1. The molecule has 1 N–H and O–H groups in total. The first-order valence-corrected chi connectivity index (χ1v) is 5.48. The van der Waals surface area contributed by atoms with Crippen molar-refractivity contribution in [3.8, 4) is 0 Å². The molecule has 0 aromatic carbocycles. The summed E-state index contributed by atoms with van der Waals surface area (Å²) in [4.78, 5) is 24.4. The van der Waals surface area contributed by atoms with E-state index >= 15 is 0 Å². The average Bonchev–Trinajstić information content (AvgIpc) is 2.15. The van der Waals surface area contributed by atoms with Crippen LogP contribution in [0.5, 0.6) is 0 Å². The van der Waals surface area contributed by atoms with Gasteiger partial charge in [-0.3, -0.25) is 4.90 Å². The summed E-state index contributed by atoms with van der Waals surface area (Å²) in [6.45, 7) is 7.19. The second-order valence-electron chi connectivity index (χ2n) is 5.26. The zero-order chi connectivity index (χ0) is 13.3. The van der Waals surface area contributed by atoms with E-state index in [1.807, 2.05) is 0 Å². The van der Waals surface area contributed by atoms with E-state index in [1.54, 1.807) is 20.8 Å². The monoisotopic (exact) mass is 245 g/mol. The summed E-state index contributed by atoms with van der Waals surface area (Å²) in [5, 5.41) is 9.19. The Balaban J connectivity index is 2.86. The van der Waals surface area contributed by atoms with Crippen molar-refractivity contribution < 1.29 is 24.2 Å². The Hall–Kier alpha value is -1.30. The first-order chi connectivity index (χ1) is 7.67. The van der Waals surface area contributed by atoms with Gasteiger partial charge in [0.05, 0.1) is 13.2 Å². The van der Waals surface area contributed by atoms with E-state index in [0.29, 0.717) is 6.61 Å². The minimum Gasteiger partial charge on any atom is -0.479 e. The molecule has 1 heterocycles. The molecule has 0 spiro atoms. The lowest BCUT2D eigenvalue weighted by Gasteiger charge is -2.41. The molecule has 1 fully saturated rings. The Kier molecular flexibility index (Phi) is 3.66. The molecular weight excluding hydrogens is 226 g/mol. The quantitative estimate of drug-likeness (QED) is 0.748. The fourth-order valence-corrected chi connectivity index (χ4v) is 1.54. The van der Waals surface area contributed by atoms with Crippen LogP contribution in [0.15, 0.2) is 0 Å². The Morgan fingerprint density at radius 3 is 2.47 bits per heavy atom. The third-order valence-electron chi connectivity index (χ3n) is 2.51. The van der Waals surface area contributed by atoms with Crippen molar-refractivity contribution in [3.05, 3.63) is 0 Å². The standard InChI is InChI=1S/C11H19NO5/c1-10(2,3)17-9(15)12-5-6-16-7-11(12,4)8(13)14/h5-7H2,1-4H3,(H,13,14). The zero-order valence-corrected chi connectivity index (χ0v) is 10.6. The molecule has 6 heteroatoms. The van der Waals surface area contributed by atoms with Gasteiger partial charge in [-0.2, -0.15) is 0 Å². The van der Waals surface area contributed by atoms with Crippen LogP contribution in [0.25, 0.3) is 0 Å². The number of carboxylic acid groups (broad SMARTS) is 1. The number of hydrogen-bond acceptors (Lipinski definition) is 4. The summed E-state index contributed by atoms with van der Waals surface area (Å²) in [7, 11) is 0. The van der Waals surface area contributed by atoms with Gasteiger partial charge in [0.15, 0.2) is 5.54 Å². The van der Waals surface area contributed by atoms with Crippen LogP contribution in [0, 0.1) is 0 Å². The highest BCUT2D eigenvalue weighted by Crippen LogP contribution is 2.23. The summed E-state index contributed by atoms with van der Waals surface area (Å²) in [5.41, 5.74) is -2.00. The molecule has 0 saturated carbocycles. The van der Waals surface area contributed by atoms with Gasteiger partial charge in [-0.25, -0.2) is 9.59 Å². The van der Waals surface area contributed by atoms with E-state index in [0.717, 1.165) is 0 Å². The molecule has 0 aromatic heterocycles. The Bertz CT molecular complexity index is 322. The predicted octanol–water partition coefficient (Wildman–Crippen LogP) is 1.10. The third-order valence-corrected chi connectivity index (χ3v) is 2.51. The number of carbonyl (C=O) groups excluding carboxylic acids is 1. The summed E-state index contributed by atoms with van der Waals surface area (Å²) >= 11 is 0. The highest BCUT2D eigenvalue weighted by atomic mass is 16.6. The first-order valence-electron chi connectivity index (χ1n) is 5.48. The smallest absolute Gasteiger partial charge is 0.411 e. The summed E-state index contributed by atoms with van der Waals surface area (Å²) < 4.78 is 10.3. The Morgan fingerprint density at radius 1 is 1.41 bits per heavy atom. The van der Waals surface area contributed by atoms with E-state index in [-0.39, 0.29) is 13.2 Å². The molecular formula is C11H19NO5. The number of morpholine rings is 1. The highest BCUT2D eigenvalue weighted by Gasteiger charge is 2.46. The van der Waals surface area contributed by atoms with Crippen LogP contribution in [0.4, 0.5) is 4.79 Å². The summed E-state index contributed by atoms with van der Waals surface area (Å²) in [5.74, 6) is -1.09. The fourth-order valence-electron chi connectivity index (χ4n) is 1.54. The number of carbonyl (C=O) groups is 2. The van der Waals surface area contributed by atoms with E-state index in [4.69, 9.17) is 9.47 Å². The molecule has 0 bridgehead atoms. The minimum atomic E-state index is -1.36. The van der Waals surface area contributed by atoms with Crippen LogP contribution in [0.3, 0.4) is 0 Å². The largest absolute Gasteiger partial charge is 0.479 e. The van der Waals surface area contributed by atoms with E-state index < -0.39 is 23.2 Å². The van der Waals surface area contributed by atoms with Crippen molar-refractivity contribution >= 4 is 12.1 Å². The van der Waals surface area contributed by atoms with Gasteiger partial charge in [-0.1, -0.05) is 0 Å². The molecule has 17 heavy (non-hydrogen) atoms. The number of aliphatic carboxylic acids is 1. The molecule has 6 nitrogen and oxygen atoms in total. The lowest BCUT2D eigenvalue weighted by molar-refractivity contribution is -0.160. The molecule has 1 saturated heterocycles. The van der Waals surface area contributed by atoms with Crippen molar-refractivity contribution in [1.82, 2.24) is 4.90 Å². The van der Waals surface area contributed by atoms with Crippen molar-refractivity contribution in [2.24, 2.45) is 0 Å². The van der Waals surface area contributed by atoms with Gasteiger partial charge in [0.1, 0.15) is 5.60 Å². The van der Waals surface area contributed by atoms with Gasteiger partial charge in [0.2, 0.25) is 0 Å². The molecule has 1 unspecified atom stereocenters. The molecule has 0 aliphatic carbocycles.